The molecule has 7 aromatic rings. The average Bonchev–Trinajstić information content (AvgIpc) is 3.57. The van der Waals surface area contributed by atoms with E-state index in [9.17, 15) is 0 Å². The standard InChI is InChI=1S/C29H18N2S2/c1-17-6-11-24-25(14-17)31-29-23-16-19(27-5-3-13-33-27)8-10-21(23)20-9-7-18(26-4-2-12-32-26)15-22(20)28(29)30-24/h2-16H,1H3. The molecule has 0 saturated heterocycles. The van der Waals surface area contributed by atoms with Crippen LogP contribution in [0.5, 0.6) is 0 Å². The number of hydrogen-bond donors (Lipinski definition) is 0. The van der Waals surface area contributed by atoms with Crippen LogP contribution in [-0.2, 0) is 0 Å². The number of aryl methyl sites for hydroxylation is 1. The minimum atomic E-state index is 0.935. The molecule has 0 bridgehead atoms. The summed E-state index contributed by atoms with van der Waals surface area (Å²) in [5.74, 6) is 0. The molecule has 0 amide bonds. The van der Waals surface area contributed by atoms with Gasteiger partial charge in [0.05, 0.1) is 22.1 Å². The summed E-state index contributed by atoms with van der Waals surface area (Å²) in [5, 5.41) is 9.00. The van der Waals surface area contributed by atoms with E-state index in [0.717, 1.165) is 32.8 Å². The Bertz CT molecular complexity index is 1810. The van der Waals surface area contributed by atoms with Crippen LogP contribution in [0.2, 0.25) is 0 Å². The Morgan fingerprint density at radius 1 is 0.545 bits per heavy atom. The molecule has 7 rings (SSSR count). The summed E-state index contributed by atoms with van der Waals surface area (Å²) in [6.45, 7) is 2.10. The highest BCUT2D eigenvalue weighted by atomic mass is 32.1. The van der Waals surface area contributed by atoms with Crippen molar-refractivity contribution in [2.75, 3.05) is 0 Å². The lowest BCUT2D eigenvalue weighted by atomic mass is 9.95. The molecule has 3 aromatic heterocycles. The summed E-state index contributed by atoms with van der Waals surface area (Å²) < 4.78 is 0. The molecule has 2 nitrogen and oxygen atoms in total. The minimum Gasteiger partial charge on any atom is -0.244 e. The van der Waals surface area contributed by atoms with Gasteiger partial charge in [-0.3, -0.25) is 0 Å². The maximum atomic E-state index is 5.18. The Kier molecular flexibility index (Phi) is 4.13. The van der Waals surface area contributed by atoms with E-state index in [0.29, 0.717) is 0 Å². The van der Waals surface area contributed by atoms with Crippen molar-refractivity contribution in [3.63, 3.8) is 0 Å². The second-order valence-corrected chi connectivity index (χ2v) is 10.3. The molecule has 0 aliphatic heterocycles. The van der Waals surface area contributed by atoms with Gasteiger partial charge < -0.3 is 0 Å². The number of fused-ring (bicyclic) bond motifs is 7. The molecular formula is C29H18N2S2. The maximum Gasteiger partial charge on any atom is 0.0979 e. The lowest BCUT2D eigenvalue weighted by molar-refractivity contribution is 1.39. The van der Waals surface area contributed by atoms with Gasteiger partial charge in [-0.05, 0) is 81.5 Å². The molecule has 4 heteroatoms. The van der Waals surface area contributed by atoms with Crippen molar-refractivity contribution < 1.29 is 0 Å². The third kappa shape index (κ3) is 2.99. The van der Waals surface area contributed by atoms with Gasteiger partial charge in [-0.15, -0.1) is 22.7 Å². The molecule has 0 radical (unpaired) electrons. The van der Waals surface area contributed by atoms with Gasteiger partial charge in [-0.2, -0.15) is 0 Å². The van der Waals surface area contributed by atoms with Crippen molar-refractivity contribution in [3.05, 3.63) is 95.2 Å². The van der Waals surface area contributed by atoms with Crippen molar-refractivity contribution in [3.8, 4) is 20.9 Å². The zero-order valence-electron chi connectivity index (χ0n) is 17.9. The van der Waals surface area contributed by atoms with Crippen LogP contribution >= 0.6 is 22.7 Å². The summed E-state index contributed by atoms with van der Waals surface area (Å²) in [6, 6.07) is 28.4. The molecule has 0 unspecified atom stereocenters. The van der Waals surface area contributed by atoms with E-state index in [2.05, 4.69) is 96.5 Å². The molecule has 0 atom stereocenters. The van der Waals surface area contributed by atoms with E-state index in [1.807, 2.05) is 0 Å². The molecule has 0 saturated carbocycles. The SMILES string of the molecule is Cc1ccc2nc3c4cc(-c5cccs5)ccc4c4ccc(-c5cccs5)cc4c3nc2c1. The predicted molar refractivity (Wildman–Crippen MR) is 143 cm³/mol. The summed E-state index contributed by atoms with van der Waals surface area (Å²) in [5.41, 5.74) is 7.45. The first kappa shape index (κ1) is 18.9. The number of thiophene rings is 2. The zero-order chi connectivity index (χ0) is 21.9. The normalized spacial score (nSPS) is 11.8. The van der Waals surface area contributed by atoms with Gasteiger partial charge in [0.1, 0.15) is 0 Å². The molecule has 0 fully saturated rings. The fourth-order valence-electron chi connectivity index (χ4n) is 4.68. The quantitative estimate of drug-likeness (QED) is 0.191. The first-order valence-corrected chi connectivity index (χ1v) is 12.7. The monoisotopic (exact) mass is 458 g/mol. The summed E-state index contributed by atoms with van der Waals surface area (Å²) >= 11 is 3.53. The van der Waals surface area contributed by atoms with E-state index in [1.54, 1.807) is 22.7 Å². The Hall–Kier alpha value is -3.60. The summed E-state index contributed by atoms with van der Waals surface area (Å²) in [4.78, 5) is 12.9. The van der Waals surface area contributed by atoms with Gasteiger partial charge in [-0.25, -0.2) is 9.97 Å². The van der Waals surface area contributed by atoms with Crippen LogP contribution in [0.4, 0.5) is 0 Å². The van der Waals surface area contributed by atoms with Crippen LogP contribution in [0.1, 0.15) is 5.56 Å². The molecule has 0 aliphatic carbocycles. The third-order valence-corrected chi connectivity index (χ3v) is 8.11. The summed E-state index contributed by atoms with van der Waals surface area (Å²) in [7, 11) is 0. The molecule has 0 spiro atoms. The van der Waals surface area contributed by atoms with Crippen LogP contribution in [0.25, 0.3) is 64.5 Å². The van der Waals surface area contributed by atoms with E-state index in [-0.39, 0.29) is 0 Å². The van der Waals surface area contributed by atoms with Gasteiger partial charge >= 0.3 is 0 Å². The van der Waals surface area contributed by atoms with Crippen LogP contribution in [-0.4, -0.2) is 9.97 Å². The first-order chi connectivity index (χ1) is 16.2. The lowest BCUT2D eigenvalue weighted by Gasteiger charge is -2.12. The Morgan fingerprint density at radius 3 is 1.67 bits per heavy atom. The third-order valence-electron chi connectivity index (χ3n) is 6.27. The van der Waals surface area contributed by atoms with Gasteiger partial charge in [-0.1, -0.05) is 42.5 Å². The number of rotatable bonds is 2. The van der Waals surface area contributed by atoms with Crippen molar-refractivity contribution in [2.24, 2.45) is 0 Å². The molecule has 156 valence electrons. The lowest BCUT2D eigenvalue weighted by Crippen LogP contribution is -1.92. The van der Waals surface area contributed by atoms with Crippen LogP contribution in [0.3, 0.4) is 0 Å². The highest BCUT2D eigenvalue weighted by molar-refractivity contribution is 7.13. The molecule has 33 heavy (non-hydrogen) atoms. The van der Waals surface area contributed by atoms with E-state index in [1.165, 1.54) is 37.2 Å². The van der Waals surface area contributed by atoms with Crippen LogP contribution < -0.4 is 0 Å². The topological polar surface area (TPSA) is 25.8 Å². The van der Waals surface area contributed by atoms with Crippen LogP contribution in [0.15, 0.2) is 89.6 Å². The largest absolute Gasteiger partial charge is 0.244 e. The summed E-state index contributed by atoms with van der Waals surface area (Å²) in [6.07, 6.45) is 0. The maximum absolute atomic E-state index is 5.18. The van der Waals surface area contributed by atoms with Gasteiger partial charge in [0.25, 0.3) is 0 Å². The van der Waals surface area contributed by atoms with Gasteiger partial charge in [0.15, 0.2) is 0 Å². The smallest absolute Gasteiger partial charge is 0.0979 e. The van der Waals surface area contributed by atoms with Crippen molar-refractivity contribution in [2.45, 2.75) is 6.92 Å². The van der Waals surface area contributed by atoms with E-state index < -0.39 is 0 Å². The van der Waals surface area contributed by atoms with Crippen molar-refractivity contribution >= 4 is 66.3 Å². The van der Waals surface area contributed by atoms with Crippen molar-refractivity contribution in [1.29, 1.82) is 0 Å². The fourth-order valence-corrected chi connectivity index (χ4v) is 6.13. The molecule has 3 heterocycles. The fraction of sp³-hybridized carbons (Fsp3) is 0.0345. The van der Waals surface area contributed by atoms with E-state index >= 15 is 0 Å². The molecule has 4 aromatic carbocycles. The second kappa shape index (κ2) is 7.20. The number of hydrogen-bond acceptors (Lipinski definition) is 4. The number of benzene rings is 4. The van der Waals surface area contributed by atoms with Crippen molar-refractivity contribution in [1.82, 2.24) is 9.97 Å². The predicted octanol–water partition coefficient (Wildman–Crippen LogP) is 8.85. The highest BCUT2D eigenvalue weighted by Gasteiger charge is 2.15. The van der Waals surface area contributed by atoms with E-state index in [4.69, 9.17) is 9.97 Å². The second-order valence-electron chi connectivity index (χ2n) is 8.39. The number of aromatic nitrogens is 2. The Labute approximate surface area is 198 Å². The number of nitrogens with zero attached hydrogens (tertiary/aromatic N) is 2. The minimum absolute atomic E-state index is 0.935. The first-order valence-electron chi connectivity index (χ1n) is 10.9. The van der Waals surface area contributed by atoms with Crippen LogP contribution in [0, 0.1) is 6.92 Å². The molecule has 0 aliphatic rings. The molecular weight excluding hydrogens is 440 g/mol. The average molecular weight is 459 g/mol. The van der Waals surface area contributed by atoms with Gasteiger partial charge in [0, 0.05) is 20.5 Å². The zero-order valence-corrected chi connectivity index (χ0v) is 19.5. The Morgan fingerprint density at radius 2 is 1.12 bits per heavy atom. The highest BCUT2D eigenvalue weighted by Crippen LogP contribution is 2.39. The molecule has 0 N–H and O–H groups in total. The van der Waals surface area contributed by atoms with Gasteiger partial charge in [0.2, 0.25) is 0 Å². The Balaban J connectivity index is 1.66.